The predicted octanol–water partition coefficient (Wildman–Crippen LogP) is 0.119. The summed E-state index contributed by atoms with van der Waals surface area (Å²) in [7, 11) is 0. The van der Waals surface area contributed by atoms with E-state index in [0.29, 0.717) is 12.3 Å². The third kappa shape index (κ3) is 4.97. The van der Waals surface area contributed by atoms with E-state index in [1.54, 1.807) is 25.1 Å². The number of benzene rings is 1. The van der Waals surface area contributed by atoms with Crippen molar-refractivity contribution in [1.82, 2.24) is 4.90 Å². The van der Waals surface area contributed by atoms with Crippen LogP contribution in [0.25, 0.3) is 0 Å². The molecule has 0 spiro atoms. The molecule has 0 unspecified atom stereocenters. The molecule has 0 fully saturated rings. The van der Waals surface area contributed by atoms with Crippen molar-refractivity contribution in [1.29, 1.82) is 0 Å². The first-order chi connectivity index (χ1) is 9.04. The molecule has 1 aromatic carbocycles. The van der Waals surface area contributed by atoms with Gasteiger partial charge in [-0.25, -0.2) is 0 Å². The molecule has 19 heavy (non-hydrogen) atoms. The Morgan fingerprint density at radius 1 is 1.32 bits per heavy atom. The number of hydrogen-bond donors (Lipinski definition) is 2. The lowest BCUT2D eigenvalue weighted by Crippen LogP contribution is -2.40. The van der Waals surface area contributed by atoms with Gasteiger partial charge in [0, 0.05) is 18.8 Å². The molecule has 0 aromatic heterocycles. The highest BCUT2D eigenvalue weighted by molar-refractivity contribution is 5.84. The van der Waals surface area contributed by atoms with E-state index in [4.69, 9.17) is 16.2 Å². The van der Waals surface area contributed by atoms with Crippen LogP contribution in [0.3, 0.4) is 0 Å². The molecule has 0 saturated heterocycles. The number of amides is 2. The Bertz CT molecular complexity index is 449. The number of hydrogen-bond acceptors (Lipinski definition) is 4. The number of carbonyl (C=O) groups is 2. The molecule has 0 radical (unpaired) electrons. The van der Waals surface area contributed by atoms with E-state index in [1.165, 1.54) is 4.90 Å². The molecule has 0 heterocycles. The van der Waals surface area contributed by atoms with Gasteiger partial charge < -0.3 is 21.1 Å². The predicted molar refractivity (Wildman–Crippen MR) is 72.0 cm³/mol. The van der Waals surface area contributed by atoms with Crippen molar-refractivity contribution in [2.24, 2.45) is 5.73 Å². The average Bonchev–Trinajstić information content (AvgIpc) is 2.37. The first-order valence-electron chi connectivity index (χ1n) is 6.01. The zero-order valence-corrected chi connectivity index (χ0v) is 11.0. The van der Waals surface area contributed by atoms with Crippen molar-refractivity contribution in [2.75, 3.05) is 25.5 Å². The van der Waals surface area contributed by atoms with Gasteiger partial charge in [-0.1, -0.05) is 18.2 Å². The van der Waals surface area contributed by atoms with Crippen molar-refractivity contribution in [3.05, 3.63) is 29.8 Å². The van der Waals surface area contributed by atoms with Crippen LogP contribution in [0.15, 0.2) is 24.3 Å². The van der Waals surface area contributed by atoms with Gasteiger partial charge in [-0.3, -0.25) is 9.59 Å². The Labute approximate surface area is 112 Å². The van der Waals surface area contributed by atoms with Crippen LogP contribution in [-0.2, 0) is 20.9 Å². The molecule has 0 aliphatic carbocycles. The lowest BCUT2D eigenvalue weighted by atomic mass is 10.1. The molecule has 0 saturated carbocycles. The standard InChI is InChI=1S/C13H19N3O3/c1-2-19-9-13(18)16(8-12(15)17)7-10-5-3-4-6-11(10)14/h3-6H,2,7-9,14H2,1H3,(H2,15,17). The number of nitrogens with zero attached hydrogens (tertiary/aromatic N) is 1. The van der Waals surface area contributed by atoms with Crippen molar-refractivity contribution < 1.29 is 14.3 Å². The maximum absolute atomic E-state index is 11.9. The fraction of sp³-hybridized carbons (Fsp3) is 0.385. The summed E-state index contributed by atoms with van der Waals surface area (Å²) in [6.07, 6.45) is 0. The van der Waals surface area contributed by atoms with E-state index < -0.39 is 5.91 Å². The van der Waals surface area contributed by atoms with Gasteiger partial charge in [0.05, 0.1) is 6.54 Å². The molecular formula is C13H19N3O3. The normalized spacial score (nSPS) is 10.2. The maximum Gasteiger partial charge on any atom is 0.249 e. The van der Waals surface area contributed by atoms with Gasteiger partial charge in [-0.15, -0.1) is 0 Å². The van der Waals surface area contributed by atoms with Crippen LogP contribution in [0, 0.1) is 0 Å². The van der Waals surface area contributed by atoms with Gasteiger partial charge in [0.25, 0.3) is 0 Å². The lowest BCUT2D eigenvalue weighted by molar-refractivity contribution is -0.139. The minimum absolute atomic E-state index is 0.0729. The maximum atomic E-state index is 11.9. The zero-order valence-electron chi connectivity index (χ0n) is 11.0. The quantitative estimate of drug-likeness (QED) is 0.684. The van der Waals surface area contributed by atoms with Crippen LogP contribution in [0.5, 0.6) is 0 Å². The van der Waals surface area contributed by atoms with Crippen LogP contribution in [0.2, 0.25) is 0 Å². The van der Waals surface area contributed by atoms with E-state index in [9.17, 15) is 9.59 Å². The van der Waals surface area contributed by atoms with E-state index in [-0.39, 0.29) is 25.6 Å². The fourth-order valence-electron chi connectivity index (χ4n) is 1.58. The van der Waals surface area contributed by atoms with Gasteiger partial charge in [0.1, 0.15) is 6.61 Å². The lowest BCUT2D eigenvalue weighted by Gasteiger charge is -2.22. The molecule has 4 N–H and O–H groups in total. The SMILES string of the molecule is CCOCC(=O)N(CC(N)=O)Cc1ccccc1N. The second kappa shape index (κ2) is 7.38. The second-order valence-electron chi connectivity index (χ2n) is 4.05. The molecule has 1 aromatic rings. The number of para-hydroxylation sites is 1. The number of rotatable bonds is 7. The van der Waals surface area contributed by atoms with Crippen molar-refractivity contribution >= 4 is 17.5 Å². The van der Waals surface area contributed by atoms with Crippen molar-refractivity contribution in [3.63, 3.8) is 0 Å². The minimum atomic E-state index is -0.570. The van der Waals surface area contributed by atoms with E-state index >= 15 is 0 Å². The molecule has 0 atom stereocenters. The smallest absolute Gasteiger partial charge is 0.249 e. The summed E-state index contributed by atoms with van der Waals surface area (Å²) in [5.74, 6) is -0.858. The highest BCUT2D eigenvalue weighted by Crippen LogP contribution is 2.13. The molecule has 6 heteroatoms. The monoisotopic (exact) mass is 265 g/mol. The van der Waals surface area contributed by atoms with Crippen molar-refractivity contribution in [2.45, 2.75) is 13.5 Å². The van der Waals surface area contributed by atoms with Crippen LogP contribution >= 0.6 is 0 Å². The van der Waals surface area contributed by atoms with E-state index in [2.05, 4.69) is 0 Å². The van der Waals surface area contributed by atoms with Gasteiger partial charge in [0.15, 0.2) is 0 Å². The van der Waals surface area contributed by atoms with Gasteiger partial charge in [-0.2, -0.15) is 0 Å². The first kappa shape index (κ1) is 15.0. The highest BCUT2D eigenvalue weighted by Gasteiger charge is 2.17. The Hall–Kier alpha value is -2.08. The van der Waals surface area contributed by atoms with E-state index in [0.717, 1.165) is 5.56 Å². The van der Waals surface area contributed by atoms with Gasteiger partial charge in [0.2, 0.25) is 11.8 Å². The summed E-state index contributed by atoms with van der Waals surface area (Å²) in [6.45, 7) is 2.24. The second-order valence-corrected chi connectivity index (χ2v) is 4.05. The zero-order chi connectivity index (χ0) is 14.3. The van der Waals surface area contributed by atoms with Crippen LogP contribution in [-0.4, -0.2) is 36.5 Å². The number of anilines is 1. The largest absolute Gasteiger partial charge is 0.398 e. The van der Waals surface area contributed by atoms with Crippen LogP contribution in [0.1, 0.15) is 12.5 Å². The van der Waals surface area contributed by atoms with E-state index in [1.807, 2.05) is 6.07 Å². The van der Waals surface area contributed by atoms with Gasteiger partial charge >= 0.3 is 0 Å². The Balaban J connectivity index is 2.77. The van der Waals surface area contributed by atoms with Crippen LogP contribution in [0.4, 0.5) is 5.69 Å². The molecular weight excluding hydrogens is 246 g/mol. The topological polar surface area (TPSA) is 98.6 Å². The third-order valence-electron chi connectivity index (χ3n) is 2.55. The molecule has 2 amide bonds. The Morgan fingerprint density at radius 3 is 2.58 bits per heavy atom. The third-order valence-corrected chi connectivity index (χ3v) is 2.55. The first-order valence-corrected chi connectivity index (χ1v) is 6.01. The summed E-state index contributed by atoms with van der Waals surface area (Å²) < 4.78 is 5.05. The Kier molecular flexibility index (Phi) is 5.81. The number of primary amides is 1. The highest BCUT2D eigenvalue weighted by atomic mass is 16.5. The number of nitrogen functional groups attached to an aromatic ring is 1. The molecule has 0 aliphatic heterocycles. The number of carbonyl (C=O) groups excluding carboxylic acids is 2. The molecule has 1 rings (SSSR count). The fourth-order valence-corrected chi connectivity index (χ4v) is 1.58. The molecule has 104 valence electrons. The Morgan fingerprint density at radius 2 is 2.00 bits per heavy atom. The van der Waals surface area contributed by atoms with Crippen LogP contribution < -0.4 is 11.5 Å². The molecule has 0 aliphatic rings. The summed E-state index contributed by atoms with van der Waals surface area (Å²) in [4.78, 5) is 24.3. The number of ether oxygens (including phenoxy) is 1. The van der Waals surface area contributed by atoms with Crippen molar-refractivity contribution in [3.8, 4) is 0 Å². The molecule has 6 nitrogen and oxygen atoms in total. The summed E-state index contributed by atoms with van der Waals surface area (Å²) in [5.41, 5.74) is 12.3. The number of nitrogens with two attached hydrogens (primary N) is 2. The summed E-state index contributed by atoms with van der Waals surface area (Å²) in [6, 6.07) is 7.17. The minimum Gasteiger partial charge on any atom is -0.398 e. The summed E-state index contributed by atoms with van der Waals surface area (Å²) in [5, 5.41) is 0. The summed E-state index contributed by atoms with van der Waals surface area (Å²) >= 11 is 0. The van der Waals surface area contributed by atoms with Gasteiger partial charge in [-0.05, 0) is 18.6 Å². The average molecular weight is 265 g/mol. The molecule has 0 bridgehead atoms.